The highest BCUT2D eigenvalue weighted by Crippen LogP contribution is 2.28. The predicted octanol–water partition coefficient (Wildman–Crippen LogP) is 4.18. The van der Waals surface area contributed by atoms with Crippen LogP contribution in [-0.2, 0) is 14.6 Å². The maximum atomic E-state index is 12.7. The van der Waals surface area contributed by atoms with E-state index in [9.17, 15) is 13.2 Å². The molecule has 0 aromatic heterocycles. The van der Waals surface area contributed by atoms with E-state index in [0.29, 0.717) is 15.7 Å². The zero-order valence-electron chi connectivity index (χ0n) is 12.5. The summed E-state index contributed by atoms with van der Waals surface area (Å²) in [5.74, 6) is -0.630. The summed E-state index contributed by atoms with van der Waals surface area (Å²) in [4.78, 5) is 12.5. The van der Waals surface area contributed by atoms with Crippen LogP contribution in [0.1, 0.15) is 13.8 Å². The van der Waals surface area contributed by atoms with Crippen molar-refractivity contribution < 1.29 is 13.2 Å². The van der Waals surface area contributed by atoms with Gasteiger partial charge in [0.05, 0.1) is 4.90 Å². The number of sulfone groups is 1. The van der Waals surface area contributed by atoms with Gasteiger partial charge in [0.25, 0.3) is 0 Å². The molecule has 0 spiro atoms. The monoisotopic (exact) mass is 371 g/mol. The Morgan fingerprint density at radius 2 is 1.35 bits per heavy atom. The molecule has 122 valence electrons. The van der Waals surface area contributed by atoms with Gasteiger partial charge in [-0.2, -0.15) is 0 Å². The molecule has 7 heteroatoms. The van der Waals surface area contributed by atoms with E-state index in [4.69, 9.17) is 23.2 Å². The largest absolute Gasteiger partial charge is 0.325 e. The Balaban J connectivity index is 2.30. The fraction of sp³-hybridized carbons (Fsp3) is 0.188. The second-order valence-corrected chi connectivity index (χ2v) is 8.80. The Bertz CT molecular complexity index is 813. The summed E-state index contributed by atoms with van der Waals surface area (Å²) in [6.45, 7) is 2.73. The number of anilines is 1. The van der Waals surface area contributed by atoms with Crippen molar-refractivity contribution in [2.75, 3.05) is 5.32 Å². The molecule has 0 unspecified atom stereocenters. The number of benzene rings is 2. The van der Waals surface area contributed by atoms with Gasteiger partial charge in [0.2, 0.25) is 5.91 Å². The molecule has 0 fully saturated rings. The third kappa shape index (κ3) is 3.68. The van der Waals surface area contributed by atoms with Gasteiger partial charge in [0, 0.05) is 15.7 Å². The van der Waals surface area contributed by atoms with Gasteiger partial charge in [-0.15, -0.1) is 0 Å². The second kappa shape index (κ2) is 6.51. The van der Waals surface area contributed by atoms with Crippen molar-refractivity contribution in [1.29, 1.82) is 0 Å². The van der Waals surface area contributed by atoms with Gasteiger partial charge in [0.1, 0.15) is 4.75 Å². The number of carbonyl (C=O) groups is 1. The number of carbonyl (C=O) groups excluding carboxylic acids is 1. The number of nitrogens with one attached hydrogen (secondary N) is 1. The summed E-state index contributed by atoms with van der Waals surface area (Å²) in [7, 11) is -3.88. The SMILES string of the molecule is CC(C)(C(=O)Nc1ccc(Cl)cc1)S(=O)(=O)c1ccc(Cl)cc1. The van der Waals surface area contributed by atoms with E-state index in [1.165, 1.54) is 38.1 Å². The predicted molar refractivity (Wildman–Crippen MR) is 92.8 cm³/mol. The van der Waals surface area contributed by atoms with Crippen LogP contribution in [0.15, 0.2) is 53.4 Å². The van der Waals surface area contributed by atoms with E-state index in [2.05, 4.69) is 5.32 Å². The molecule has 0 heterocycles. The summed E-state index contributed by atoms with van der Waals surface area (Å²) in [5.41, 5.74) is 0.471. The van der Waals surface area contributed by atoms with E-state index >= 15 is 0 Å². The first-order chi connectivity index (χ1) is 10.6. The van der Waals surface area contributed by atoms with E-state index in [-0.39, 0.29) is 4.90 Å². The van der Waals surface area contributed by atoms with Gasteiger partial charge in [-0.05, 0) is 62.4 Å². The van der Waals surface area contributed by atoms with Crippen molar-refractivity contribution in [2.24, 2.45) is 0 Å². The minimum absolute atomic E-state index is 0.0400. The lowest BCUT2D eigenvalue weighted by atomic mass is 10.2. The van der Waals surface area contributed by atoms with E-state index in [1.807, 2.05) is 0 Å². The minimum Gasteiger partial charge on any atom is -0.325 e. The van der Waals surface area contributed by atoms with Crippen LogP contribution in [0.25, 0.3) is 0 Å². The van der Waals surface area contributed by atoms with Crippen molar-refractivity contribution in [3.8, 4) is 0 Å². The highest BCUT2D eigenvalue weighted by Gasteiger charge is 2.42. The lowest BCUT2D eigenvalue weighted by Crippen LogP contribution is -2.44. The van der Waals surface area contributed by atoms with Crippen molar-refractivity contribution in [3.63, 3.8) is 0 Å². The van der Waals surface area contributed by atoms with Gasteiger partial charge in [-0.1, -0.05) is 23.2 Å². The Hall–Kier alpha value is -1.56. The van der Waals surface area contributed by atoms with Gasteiger partial charge in [0.15, 0.2) is 9.84 Å². The maximum absolute atomic E-state index is 12.7. The van der Waals surface area contributed by atoms with Crippen LogP contribution < -0.4 is 5.32 Å². The zero-order valence-corrected chi connectivity index (χ0v) is 14.8. The Kier molecular flexibility index (Phi) is 5.04. The van der Waals surface area contributed by atoms with E-state index in [1.54, 1.807) is 24.3 Å². The van der Waals surface area contributed by atoms with Gasteiger partial charge in [-0.25, -0.2) is 8.42 Å². The minimum atomic E-state index is -3.88. The van der Waals surface area contributed by atoms with Crippen molar-refractivity contribution in [1.82, 2.24) is 0 Å². The third-order valence-corrected chi connectivity index (χ3v) is 6.37. The average molecular weight is 372 g/mol. The third-order valence-electron chi connectivity index (χ3n) is 3.44. The van der Waals surface area contributed by atoms with Crippen molar-refractivity contribution >= 4 is 44.6 Å². The first-order valence-electron chi connectivity index (χ1n) is 6.72. The normalized spacial score (nSPS) is 12.0. The quantitative estimate of drug-likeness (QED) is 0.876. The molecule has 1 N–H and O–H groups in total. The highest BCUT2D eigenvalue weighted by atomic mass is 35.5. The molecular weight excluding hydrogens is 357 g/mol. The summed E-state index contributed by atoms with van der Waals surface area (Å²) >= 11 is 11.6. The highest BCUT2D eigenvalue weighted by molar-refractivity contribution is 7.93. The molecule has 0 saturated heterocycles. The van der Waals surface area contributed by atoms with Gasteiger partial charge in [-0.3, -0.25) is 4.79 Å². The topological polar surface area (TPSA) is 63.2 Å². The first-order valence-corrected chi connectivity index (χ1v) is 8.96. The zero-order chi connectivity index (χ0) is 17.3. The average Bonchev–Trinajstić information content (AvgIpc) is 2.49. The molecular formula is C16H15Cl2NO3S. The lowest BCUT2D eigenvalue weighted by Gasteiger charge is -2.24. The van der Waals surface area contributed by atoms with Crippen LogP contribution in [0, 0.1) is 0 Å². The summed E-state index contributed by atoms with van der Waals surface area (Å²) in [6, 6.07) is 12.1. The van der Waals surface area contributed by atoms with Crippen LogP contribution in [0.2, 0.25) is 10.0 Å². The molecule has 0 aliphatic carbocycles. The molecule has 4 nitrogen and oxygen atoms in total. The summed E-state index contributed by atoms with van der Waals surface area (Å²) < 4.78 is 23.8. The number of hydrogen-bond donors (Lipinski definition) is 1. The fourth-order valence-corrected chi connectivity index (χ4v) is 3.48. The van der Waals surface area contributed by atoms with E-state index in [0.717, 1.165) is 0 Å². The standard InChI is InChI=1S/C16H15Cl2NO3S/c1-16(2,15(20)19-13-7-3-11(17)4-8-13)23(21,22)14-9-5-12(18)6-10-14/h3-10H,1-2H3,(H,19,20). The molecule has 0 saturated carbocycles. The summed E-state index contributed by atoms with van der Waals surface area (Å²) in [5, 5.41) is 3.54. The van der Waals surface area contributed by atoms with Crippen LogP contribution in [0.4, 0.5) is 5.69 Å². The molecule has 0 aliphatic rings. The number of rotatable bonds is 4. The molecule has 0 radical (unpaired) electrons. The van der Waals surface area contributed by atoms with Crippen LogP contribution in [0.5, 0.6) is 0 Å². The molecule has 0 aliphatic heterocycles. The number of hydrogen-bond acceptors (Lipinski definition) is 3. The molecule has 2 aromatic rings. The Labute approximate surface area is 145 Å². The summed E-state index contributed by atoms with van der Waals surface area (Å²) in [6.07, 6.45) is 0. The second-order valence-electron chi connectivity index (χ2n) is 5.43. The molecule has 1 amide bonds. The molecule has 2 aromatic carbocycles. The molecule has 23 heavy (non-hydrogen) atoms. The van der Waals surface area contributed by atoms with Crippen LogP contribution in [-0.4, -0.2) is 19.1 Å². The molecule has 0 bridgehead atoms. The Morgan fingerprint density at radius 3 is 1.83 bits per heavy atom. The molecule has 2 rings (SSSR count). The number of halogens is 2. The van der Waals surface area contributed by atoms with Crippen molar-refractivity contribution in [2.45, 2.75) is 23.5 Å². The smallest absolute Gasteiger partial charge is 0.245 e. The fourth-order valence-electron chi connectivity index (χ4n) is 1.85. The van der Waals surface area contributed by atoms with Crippen LogP contribution >= 0.6 is 23.2 Å². The maximum Gasteiger partial charge on any atom is 0.245 e. The lowest BCUT2D eigenvalue weighted by molar-refractivity contribution is -0.117. The van der Waals surface area contributed by atoms with Crippen molar-refractivity contribution in [3.05, 3.63) is 58.6 Å². The van der Waals surface area contributed by atoms with Gasteiger partial charge < -0.3 is 5.32 Å². The van der Waals surface area contributed by atoms with Gasteiger partial charge >= 0.3 is 0 Å². The number of amides is 1. The van der Waals surface area contributed by atoms with Crippen LogP contribution in [0.3, 0.4) is 0 Å². The first kappa shape index (κ1) is 17.8. The molecule has 0 atom stereocenters. The Morgan fingerprint density at radius 1 is 0.913 bits per heavy atom. The van der Waals surface area contributed by atoms with E-state index < -0.39 is 20.5 Å².